The minimum absolute atomic E-state index is 0.0499. The first-order valence-electron chi connectivity index (χ1n) is 10.6. The summed E-state index contributed by atoms with van der Waals surface area (Å²) in [7, 11) is 0. The molecule has 178 valence electrons. The summed E-state index contributed by atoms with van der Waals surface area (Å²) in [5, 5.41) is 0. The molecule has 0 radical (unpaired) electrons. The average Bonchev–Trinajstić information content (AvgIpc) is 2.96. The first kappa shape index (κ1) is 23.6. The number of carbonyl (C=O) groups is 5. The quantitative estimate of drug-likeness (QED) is 0.249. The Hall–Kier alpha value is -2.57. The Morgan fingerprint density at radius 3 is 2.21 bits per heavy atom. The van der Waals surface area contributed by atoms with Crippen LogP contribution in [-0.4, -0.2) is 73.1 Å². The van der Waals surface area contributed by atoms with Crippen LogP contribution in [0.25, 0.3) is 0 Å². The molecule has 4 rings (SSSR count). The number of ether oxygens (including phenoxy) is 1. The standard InChI is InChI=1S/C22H24FIN3O6/c1-22(2,3)33-21(32)26-8-6-25(7-9-26)16-11-13-12(10-14(16)23)19(30)27(20(13)31)15-4-5-17(28)24-18(15)29/h10-11,15H,4-9H2,1-3H3/q-1. The van der Waals surface area contributed by atoms with Crippen LogP contribution in [0.4, 0.5) is 14.9 Å². The van der Waals surface area contributed by atoms with Crippen molar-refractivity contribution >= 4 is 31.2 Å². The minimum atomic E-state index is -1.38. The van der Waals surface area contributed by atoms with Gasteiger partial charge in [-0.3, -0.25) is 0 Å². The van der Waals surface area contributed by atoms with Crippen molar-refractivity contribution in [1.29, 1.82) is 0 Å². The van der Waals surface area contributed by atoms with E-state index in [4.69, 9.17) is 4.74 Å². The first-order valence-corrected chi connectivity index (χ1v) is 12.8. The molecule has 0 spiro atoms. The Morgan fingerprint density at radius 2 is 1.64 bits per heavy atom. The van der Waals surface area contributed by atoms with E-state index in [0.29, 0.717) is 26.2 Å². The van der Waals surface area contributed by atoms with E-state index in [2.05, 4.69) is 0 Å². The number of imide groups is 1. The van der Waals surface area contributed by atoms with Crippen LogP contribution in [0, 0.1) is 5.82 Å². The van der Waals surface area contributed by atoms with Gasteiger partial charge in [0, 0.05) is 0 Å². The van der Waals surface area contributed by atoms with Crippen molar-refractivity contribution in [2.75, 3.05) is 31.1 Å². The second-order valence-electron chi connectivity index (χ2n) is 9.09. The number of anilines is 1. The van der Waals surface area contributed by atoms with Gasteiger partial charge in [0.15, 0.2) is 0 Å². The number of piperazine rings is 1. The van der Waals surface area contributed by atoms with Crippen molar-refractivity contribution < 1.29 is 54.3 Å². The molecule has 2 fully saturated rings. The summed E-state index contributed by atoms with van der Waals surface area (Å²) < 4.78 is 19.9. The van der Waals surface area contributed by atoms with Crippen LogP contribution in [0.1, 0.15) is 54.3 Å². The second kappa shape index (κ2) is 8.65. The van der Waals surface area contributed by atoms with Crippen molar-refractivity contribution in [2.24, 2.45) is 0 Å². The van der Waals surface area contributed by atoms with Gasteiger partial charge < -0.3 is 4.74 Å². The van der Waals surface area contributed by atoms with Crippen LogP contribution in [0.5, 0.6) is 0 Å². The molecule has 0 bridgehead atoms. The third kappa shape index (κ3) is 4.59. The Balaban J connectivity index is 1.51. The molecule has 3 amide bonds. The van der Waals surface area contributed by atoms with E-state index >= 15 is 0 Å². The number of halogens is 2. The molecule has 3 aliphatic rings. The van der Waals surface area contributed by atoms with Crippen LogP contribution < -0.4 is 26.1 Å². The monoisotopic (exact) mass is 572 g/mol. The number of hydrogen-bond donors (Lipinski definition) is 0. The Labute approximate surface area is 200 Å². The van der Waals surface area contributed by atoms with Crippen molar-refractivity contribution in [3.8, 4) is 0 Å². The first-order chi connectivity index (χ1) is 15.5. The molecule has 9 nitrogen and oxygen atoms in total. The van der Waals surface area contributed by atoms with Crippen molar-refractivity contribution in [1.82, 2.24) is 9.80 Å². The van der Waals surface area contributed by atoms with E-state index in [1.54, 1.807) is 30.6 Å². The predicted octanol–water partition coefficient (Wildman–Crippen LogP) is -1.22. The molecule has 2 saturated heterocycles. The summed E-state index contributed by atoms with van der Waals surface area (Å²) in [4.78, 5) is 66.2. The molecule has 0 saturated carbocycles. The summed E-state index contributed by atoms with van der Waals surface area (Å²) >= 11 is -1.38. The van der Waals surface area contributed by atoms with Crippen LogP contribution >= 0.6 is 0 Å². The van der Waals surface area contributed by atoms with Gasteiger partial charge in [0.05, 0.1) is 0 Å². The average molecular weight is 572 g/mol. The van der Waals surface area contributed by atoms with Crippen LogP contribution in [0.3, 0.4) is 0 Å². The maximum absolute atomic E-state index is 15.0. The maximum atomic E-state index is 15.0. The number of benzene rings is 1. The molecular formula is C22H24FIN3O6-. The third-order valence-electron chi connectivity index (χ3n) is 5.64. The number of carbonyl (C=O) groups excluding carboxylic acids is 5. The van der Waals surface area contributed by atoms with Crippen LogP contribution in [0.2, 0.25) is 0 Å². The zero-order valence-corrected chi connectivity index (χ0v) is 20.7. The molecule has 1 aromatic rings. The summed E-state index contributed by atoms with van der Waals surface area (Å²) in [6.07, 6.45) is -0.157. The van der Waals surface area contributed by atoms with E-state index < -0.39 is 56.6 Å². The molecule has 1 unspecified atom stereocenters. The molecule has 1 aromatic carbocycles. The van der Waals surface area contributed by atoms with Gasteiger partial charge in [-0.15, -0.1) is 0 Å². The van der Waals surface area contributed by atoms with Gasteiger partial charge in [-0.1, -0.05) is 0 Å². The van der Waals surface area contributed by atoms with E-state index in [1.807, 2.05) is 0 Å². The van der Waals surface area contributed by atoms with E-state index in [9.17, 15) is 28.4 Å². The van der Waals surface area contributed by atoms with Crippen molar-refractivity contribution in [3.05, 3.63) is 29.1 Å². The molecule has 33 heavy (non-hydrogen) atoms. The molecule has 1 atom stereocenters. The van der Waals surface area contributed by atoms with Gasteiger partial charge in [-0.05, 0) is 20.8 Å². The van der Waals surface area contributed by atoms with Crippen molar-refractivity contribution in [2.45, 2.75) is 45.3 Å². The van der Waals surface area contributed by atoms with Gasteiger partial charge in [-0.2, -0.15) is 0 Å². The molecule has 0 aromatic heterocycles. The summed E-state index contributed by atoms with van der Waals surface area (Å²) in [6.45, 7) is 6.63. The SMILES string of the molecule is CC(C)(C)OC(=O)N1CCN(c2cc3c(cc2F)C(=O)N(C2CCC(=O)[I-]C2=O)C3=O)CC1. The Bertz CT molecular complexity index is 1060. The zero-order valence-electron chi connectivity index (χ0n) is 18.5. The molecule has 11 heteroatoms. The fourth-order valence-corrected chi connectivity index (χ4v) is 6.18. The van der Waals surface area contributed by atoms with E-state index in [0.717, 1.165) is 11.0 Å². The second-order valence-corrected chi connectivity index (χ2v) is 11.9. The summed E-state index contributed by atoms with van der Waals surface area (Å²) in [6, 6.07) is 1.44. The van der Waals surface area contributed by atoms with E-state index in [-0.39, 0.29) is 37.2 Å². The number of nitrogens with zero attached hydrogens (tertiary/aromatic N) is 3. The molecule has 0 N–H and O–H groups in total. The van der Waals surface area contributed by atoms with Gasteiger partial charge in [0.2, 0.25) is 0 Å². The molecule has 3 heterocycles. The predicted molar refractivity (Wildman–Crippen MR) is 110 cm³/mol. The molecule has 0 aliphatic carbocycles. The van der Waals surface area contributed by atoms with E-state index in [1.165, 1.54) is 6.07 Å². The van der Waals surface area contributed by atoms with Gasteiger partial charge in [0.25, 0.3) is 0 Å². The Kier molecular flexibility index (Phi) is 6.18. The Morgan fingerprint density at radius 1 is 1.03 bits per heavy atom. The fourth-order valence-electron chi connectivity index (χ4n) is 4.06. The van der Waals surface area contributed by atoms with Crippen LogP contribution in [0.15, 0.2) is 12.1 Å². The molecule has 3 aliphatic heterocycles. The number of hydrogen-bond acceptors (Lipinski definition) is 7. The number of amides is 3. The van der Waals surface area contributed by atoms with Crippen molar-refractivity contribution in [3.63, 3.8) is 0 Å². The van der Waals surface area contributed by atoms with Gasteiger partial charge in [0.1, 0.15) is 5.60 Å². The van der Waals surface area contributed by atoms with Crippen LogP contribution in [-0.2, 0) is 14.3 Å². The number of rotatable bonds is 2. The van der Waals surface area contributed by atoms with Gasteiger partial charge in [-0.25, -0.2) is 4.79 Å². The summed E-state index contributed by atoms with van der Waals surface area (Å²) in [5.74, 6) is -1.99. The van der Waals surface area contributed by atoms with Gasteiger partial charge >= 0.3 is 165 Å². The topological polar surface area (TPSA) is 104 Å². The third-order valence-corrected chi connectivity index (χ3v) is 8.04. The number of fused-ring (bicyclic) bond motifs is 1. The summed E-state index contributed by atoms with van der Waals surface area (Å²) in [5.41, 5.74) is -0.475. The normalized spacial score (nSPS) is 21.8. The fraction of sp³-hybridized carbons (Fsp3) is 0.500. The molecular weight excluding hydrogens is 548 g/mol. The zero-order chi connectivity index (χ0) is 24.1.